The van der Waals surface area contributed by atoms with Gasteiger partial charge in [-0.2, -0.15) is 0 Å². The van der Waals surface area contributed by atoms with E-state index in [1.165, 1.54) is 29.9 Å². The van der Waals surface area contributed by atoms with Gasteiger partial charge in [-0.25, -0.2) is 0 Å². The first-order chi connectivity index (χ1) is 9.33. The van der Waals surface area contributed by atoms with Crippen molar-refractivity contribution in [3.05, 3.63) is 45.9 Å². The van der Waals surface area contributed by atoms with E-state index >= 15 is 0 Å². The molecule has 3 rings (SSSR count). The molecule has 2 aromatic rings. The van der Waals surface area contributed by atoms with Crippen molar-refractivity contribution in [3.63, 3.8) is 0 Å². The van der Waals surface area contributed by atoms with Gasteiger partial charge in [0.15, 0.2) is 0 Å². The smallest absolute Gasteiger partial charge is 0.138 e. The molecular formula is C14H16ClN3S. The normalized spacial score (nSPS) is 17.7. The molecule has 0 N–H and O–H groups in total. The SMILES string of the molecule is Clc1snnc1CN1CCC(c2ccccc2)CC1. The molecule has 0 spiro atoms. The fraction of sp³-hybridized carbons (Fsp3) is 0.429. The Hall–Kier alpha value is -0.970. The summed E-state index contributed by atoms with van der Waals surface area (Å²) in [6.45, 7) is 3.04. The molecule has 0 unspecified atom stereocenters. The summed E-state index contributed by atoms with van der Waals surface area (Å²) < 4.78 is 4.61. The molecule has 0 bridgehead atoms. The molecule has 0 amide bonds. The number of piperidine rings is 1. The lowest BCUT2D eigenvalue weighted by Crippen LogP contribution is -2.32. The van der Waals surface area contributed by atoms with Gasteiger partial charge >= 0.3 is 0 Å². The highest BCUT2D eigenvalue weighted by molar-refractivity contribution is 7.10. The Kier molecular flexibility index (Phi) is 4.11. The Morgan fingerprint density at radius 2 is 1.95 bits per heavy atom. The number of aromatic nitrogens is 2. The zero-order valence-electron chi connectivity index (χ0n) is 10.6. The summed E-state index contributed by atoms with van der Waals surface area (Å²) in [6.07, 6.45) is 2.42. The Morgan fingerprint density at radius 1 is 1.21 bits per heavy atom. The van der Waals surface area contributed by atoms with E-state index in [4.69, 9.17) is 11.6 Å². The van der Waals surface area contributed by atoms with Gasteiger partial charge in [-0.05, 0) is 37.4 Å². The van der Waals surface area contributed by atoms with Crippen LogP contribution in [-0.2, 0) is 6.54 Å². The summed E-state index contributed by atoms with van der Waals surface area (Å²) >= 11 is 7.32. The molecule has 1 aromatic heterocycles. The minimum atomic E-state index is 0.696. The van der Waals surface area contributed by atoms with Gasteiger partial charge in [0.2, 0.25) is 0 Å². The topological polar surface area (TPSA) is 29.0 Å². The molecule has 5 heteroatoms. The summed E-state index contributed by atoms with van der Waals surface area (Å²) in [4.78, 5) is 2.42. The van der Waals surface area contributed by atoms with Gasteiger partial charge in [-0.15, -0.1) is 5.10 Å². The first-order valence-electron chi connectivity index (χ1n) is 6.57. The number of hydrogen-bond acceptors (Lipinski definition) is 4. The maximum atomic E-state index is 6.05. The van der Waals surface area contributed by atoms with E-state index in [1.54, 1.807) is 0 Å². The van der Waals surface area contributed by atoms with Crippen LogP contribution in [0, 0.1) is 0 Å². The molecule has 1 saturated heterocycles. The quantitative estimate of drug-likeness (QED) is 0.866. The zero-order chi connectivity index (χ0) is 13.1. The fourth-order valence-corrected chi connectivity index (χ4v) is 3.26. The highest BCUT2D eigenvalue weighted by Crippen LogP contribution is 2.29. The molecule has 0 atom stereocenters. The van der Waals surface area contributed by atoms with Crippen molar-refractivity contribution in [1.29, 1.82) is 0 Å². The fourth-order valence-electron chi connectivity index (χ4n) is 2.65. The van der Waals surface area contributed by atoms with Crippen LogP contribution in [0.3, 0.4) is 0 Å². The zero-order valence-corrected chi connectivity index (χ0v) is 12.2. The van der Waals surface area contributed by atoms with Crippen molar-refractivity contribution >= 4 is 23.1 Å². The summed E-state index contributed by atoms with van der Waals surface area (Å²) in [5.41, 5.74) is 2.39. The van der Waals surface area contributed by atoms with Crippen LogP contribution in [0.4, 0.5) is 0 Å². The van der Waals surface area contributed by atoms with Gasteiger partial charge in [0.25, 0.3) is 0 Å². The first-order valence-corrected chi connectivity index (χ1v) is 7.72. The minimum absolute atomic E-state index is 0.696. The second kappa shape index (κ2) is 5.99. The van der Waals surface area contributed by atoms with Crippen LogP contribution in [0.1, 0.15) is 30.0 Å². The Morgan fingerprint density at radius 3 is 2.58 bits per heavy atom. The van der Waals surface area contributed by atoms with Gasteiger partial charge in [0.1, 0.15) is 10.0 Å². The number of benzene rings is 1. The second-order valence-corrected chi connectivity index (χ2v) is 6.31. The van der Waals surface area contributed by atoms with Crippen LogP contribution in [-0.4, -0.2) is 27.6 Å². The van der Waals surface area contributed by atoms with Crippen molar-refractivity contribution in [2.45, 2.75) is 25.3 Å². The monoisotopic (exact) mass is 293 g/mol. The molecule has 1 aliphatic heterocycles. The minimum Gasteiger partial charge on any atom is -0.297 e. The van der Waals surface area contributed by atoms with Gasteiger partial charge in [-0.1, -0.05) is 46.4 Å². The number of likely N-dealkylation sites (tertiary alicyclic amines) is 1. The van der Waals surface area contributed by atoms with Crippen molar-refractivity contribution in [1.82, 2.24) is 14.5 Å². The Bertz CT molecular complexity index is 520. The average molecular weight is 294 g/mol. The molecule has 0 aliphatic carbocycles. The number of rotatable bonds is 3. The molecule has 100 valence electrons. The van der Waals surface area contributed by atoms with Crippen LogP contribution in [0.15, 0.2) is 30.3 Å². The summed E-state index contributed by atoms with van der Waals surface area (Å²) in [5.74, 6) is 0.696. The Balaban J connectivity index is 1.57. The van der Waals surface area contributed by atoms with E-state index in [0.717, 1.165) is 29.7 Å². The molecule has 1 aliphatic rings. The molecule has 0 saturated carbocycles. The van der Waals surface area contributed by atoms with Crippen molar-refractivity contribution in [3.8, 4) is 0 Å². The second-order valence-electron chi connectivity index (χ2n) is 4.95. The Labute approximate surface area is 122 Å². The molecule has 0 radical (unpaired) electrons. The summed E-state index contributed by atoms with van der Waals surface area (Å²) in [6, 6.07) is 10.8. The average Bonchev–Trinajstić information content (AvgIpc) is 2.86. The molecule has 3 nitrogen and oxygen atoms in total. The molecular weight excluding hydrogens is 278 g/mol. The molecule has 1 aromatic carbocycles. The van der Waals surface area contributed by atoms with Crippen LogP contribution in [0.25, 0.3) is 0 Å². The third-order valence-corrected chi connectivity index (χ3v) is 4.73. The third-order valence-electron chi connectivity index (χ3n) is 3.74. The predicted molar refractivity (Wildman–Crippen MR) is 78.6 cm³/mol. The van der Waals surface area contributed by atoms with Crippen molar-refractivity contribution in [2.75, 3.05) is 13.1 Å². The van der Waals surface area contributed by atoms with Gasteiger partial charge in [0.05, 0.1) is 0 Å². The largest absolute Gasteiger partial charge is 0.297 e. The van der Waals surface area contributed by atoms with Gasteiger partial charge < -0.3 is 0 Å². The number of nitrogens with zero attached hydrogens (tertiary/aromatic N) is 3. The standard InChI is InChI=1S/C14H16ClN3S/c15-14-13(16-17-19-14)10-18-8-6-12(7-9-18)11-4-2-1-3-5-11/h1-5,12H,6-10H2. The molecule has 1 fully saturated rings. The van der Waals surface area contributed by atoms with Crippen LogP contribution < -0.4 is 0 Å². The summed E-state index contributed by atoms with van der Waals surface area (Å²) in [5, 5.41) is 4.08. The van der Waals surface area contributed by atoms with Crippen LogP contribution >= 0.6 is 23.1 Å². The van der Waals surface area contributed by atoms with E-state index in [9.17, 15) is 0 Å². The van der Waals surface area contributed by atoms with E-state index < -0.39 is 0 Å². The van der Waals surface area contributed by atoms with Gasteiger partial charge in [0, 0.05) is 18.1 Å². The highest BCUT2D eigenvalue weighted by atomic mass is 35.5. The van der Waals surface area contributed by atoms with Crippen LogP contribution in [0.2, 0.25) is 4.34 Å². The third kappa shape index (κ3) is 3.14. The van der Waals surface area contributed by atoms with E-state index in [0.29, 0.717) is 5.92 Å². The lowest BCUT2D eigenvalue weighted by atomic mass is 9.89. The number of halogens is 1. The first kappa shape index (κ1) is 13.0. The van der Waals surface area contributed by atoms with Crippen molar-refractivity contribution in [2.24, 2.45) is 0 Å². The van der Waals surface area contributed by atoms with E-state index in [-0.39, 0.29) is 0 Å². The lowest BCUT2D eigenvalue weighted by molar-refractivity contribution is 0.202. The summed E-state index contributed by atoms with van der Waals surface area (Å²) in [7, 11) is 0. The maximum Gasteiger partial charge on any atom is 0.138 e. The predicted octanol–water partition coefficient (Wildman–Crippen LogP) is 3.57. The highest BCUT2D eigenvalue weighted by Gasteiger charge is 2.21. The van der Waals surface area contributed by atoms with Crippen LogP contribution in [0.5, 0.6) is 0 Å². The molecule has 19 heavy (non-hydrogen) atoms. The lowest BCUT2D eigenvalue weighted by Gasteiger charge is -2.31. The maximum absolute atomic E-state index is 6.05. The number of hydrogen-bond donors (Lipinski definition) is 0. The van der Waals surface area contributed by atoms with Gasteiger partial charge in [-0.3, -0.25) is 4.90 Å². The van der Waals surface area contributed by atoms with E-state index in [1.807, 2.05) is 0 Å². The van der Waals surface area contributed by atoms with E-state index in [2.05, 4.69) is 44.8 Å². The van der Waals surface area contributed by atoms with Crippen molar-refractivity contribution < 1.29 is 0 Å². The molecule has 2 heterocycles.